The van der Waals surface area contributed by atoms with E-state index in [1.807, 2.05) is 52.5 Å². The van der Waals surface area contributed by atoms with Crippen molar-refractivity contribution in [2.45, 2.75) is 86.2 Å². The molecule has 0 bridgehead atoms. The van der Waals surface area contributed by atoms with Gasteiger partial charge in [0.2, 0.25) is 0 Å². The molecular weight excluding hydrogens is 838 g/mol. The Morgan fingerprint density at radius 1 is 0.730 bits per heavy atom. The number of rotatable bonds is 9. The van der Waals surface area contributed by atoms with Crippen LogP contribution in [0, 0.1) is 0 Å². The van der Waals surface area contributed by atoms with E-state index in [-0.39, 0.29) is 40.6 Å². The number of hydrogen-bond donors (Lipinski definition) is 3. The third-order valence-electron chi connectivity index (χ3n) is 13.2. The average Bonchev–Trinajstić information content (AvgIpc) is 3.67. The highest BCUT2D eigenvalue weighted by Crippen LogP contribution is 2.46. The van der Waals surface area contributed by atoms with Crippen molar-refractivity contribution >= 4 is 58.6 Å². The van der Waals surface area contributed by atoms with Gasteiger partial charge in [-0.1, -0.05) is 54.1 Å². The highest BCUT2D eigenvalue weighted by Gasteiger charge is 2.44. The molecule has 4 aromatic rings. The van der Waals surface area contributed by atoms with Crippen LogP contribution in [-0.4, -0.2) is 96.1 Å². The molecule has 0 radical (unpaired) electrons. The first-order valence-corrected chi connectivity index (χ1v) is 23.3. The Balaban J connectivity index is 0.000000175. The SMILES string of the molecule is CSc1cc(C(=O)NC2CCC2=O)cc(C(=O)N2CCC3(CC2)COc2ccc(CN)cc23)c1.O=C(NC1CCC1=O)c1cc(Cl)cc(C(=O)N2CCC(c3ccccc3)CC2)c1. The maximum absolute atomic E-state index is 13.4. The van der Waals surface area contributed by atoms with Gasteiger partial charge in [-0.15, -0.1) is 11.8 Å². The van der Waals surface area contributed by atoms with Crippen LogP contribution in [0.2, 0.25) is 5.02 Å². The molecule has 63 heavy (non-hydrogen) atoms. The van der Waals surface area contributed by atoms with Crippen LogP contribution in [0.15, 0.2) is 89.8 Å². The zero-order valence-electron chi connectivity index (χ0n) is 35.3. The largest absolute Gasteiger partial charge is 0.492 e. The Morgan fingerprint density at radius 2 is 1.29 bits per heavy atom. The summed E-state index contributed by atoms with van der Waals surface area (Å²) >= 11 is 7.66. The molecule has 14 heteroatoms. The number of hydrogen-bond acceptors (Lipinski definition) is 9. The summed E-state index contributed by atoms with van der Waals surface area (Å²) in [5.74, 6) is 0.605. The highest BCUT2D eigenvalue weighted by molar-refractivity contribution is 7.98. The lowest BCUT2D eigenvalue weighted by Crippen LogP contribution is -2.47. The van der Waals surface area contributed by atoms with Crippen LogP contribution in [0.25, 0.3) is 0 Å². The van der Waals surface area contributed by atoms with Crippen LogP contribution in [0.5, 0.6) is 5.75 Å². The highest BCUT2D eigenvalue weighted by atomic mass is 35.5. The van der Waals surface area contributed by atoms with Crippen LogP contribution in [0.1, 0.15) is 115 Å². The van der Waals surface area contributed by atoms with E-state index in [0.717, 1.165) is 41.9 Å². The first kappa shape index (κ1) is 44.1. The molecule has 3 heterocycles. The van der Waals surface area contributed by atoms with Crippen molar-refractivity contribution in [3.8, 4) is 5.75 Å². The number of carbonyl (C=O) groups is 6. The maximum Gasteiger partial charge on any atom is 0.253 e. The van der Waals surface area contributed by atoms with Gasteiger partial charge in [0.1, 0.15) is 5.75 Å². The molecule has 1 spiro atoms. The summed E-state index contributed by atoms with van der Waals surface area (Å²) in [6.45, 7) is 3.70. The van der Waals surface area contributed by atoms with E-state index in [9.17, 15) is 28.8 Å². The Kier molecular flexibility index (Phi) is 13.4. The Bertz CT molecular complexity index is 2430. The van der Waals surface area contributed by atoms with Crippen molar-refractivity contribution in [3.63, 3.8) is 0 Å². The number of halogens is 1. The zero-order chi connectivity index (χ0) is 44.3. The van der Waals surface area contributed by atoms with Crippen LogP contribution < -0.4 is 21.1 Å². The lowest BCUT2D eigenvalue weighted by molar-refractivity contribution is -0.126. The van der Waals surface area contributed by atoms with Gasteiger partial charge in [-0.3, -0.25) is 28.8 Å². The van der Waals surface area contributed by atoms with Crippen molar-refractivity contribution in [2.24, 2.45) is 5.73 Å². The number of thioether (sulfide) groups is 1. The molecule has 328 valence electrons. The summed E-state index contributed by atoms with van der Waals surface area (Å²) in [5, 5.41) is 5.83. The molecular formula is C49H52ClN5O7S. The predicted octanol–water partition coefficient (Wildman–Crippen LogP) is 6.72. The predicted molar refractivity (Wildman–Crippen MR) is 242 cm³/mol. The van der Waals surface area contributed by atoms with Gasteiger partial charge in [0, 0.05) is 88.7 Å². The summed E-state index contributed by atoms with van der Waals surface area (Å²) in [7, 11) is 0. The van der Waals surface area contributed by atoms with Crippen molar-refractivity contribution in [1.82, 2.24) is 20.4 Å². The van der Waals surface area contributed by atoms with Gasteiger partial charge in [-0.2, -0.15) is 0 Å². The van der Waals surface area contributed by atoms with Crippen LogP contribution in [-0.2, 0) is 21.5 Å². The molecule has 2 atom stereocenters. The van der Waals surface area contributed by atoms with Crippen molar-refractivity contribution in [3.05, 3.63) is 129 Å². The Morgan fingerprint density at radius 3 is 1.84 bits per heavy atom. The second-order valence-electron chi connectivity index (χ2n) is 17.1. The van der Waals surface area contributed by atoms with E-state index < -0.39 is 12.1 Å². The van der Waals surface area contributed by atoms with Crippen LogP contribution >= 0.6 is 23.4 Å². The standard InChI is InChI=1S/C26H29N3O4S.C23H23ClN2O3/c1-34-19-12-17(24(31)28-21-3-4-22(21)30)11-18(13-19)25(32)29-8-6-26(7-9-29)15-33-23-5-2-16(14-27)10-20(23)26;24-19-13-17(22(28)25-20-6-7-21(20)27)12-18(14-19)23(29)26-10-8-16(9-11-26)15-4-2-1-3-5-15/h2,5,10-13,21H,3-4,6-9,14-15,27H2,1H3,(H,28,31);1-5,12-14,16,20H,6-11H2,(H,25,28). The van der Waals surface area contributed by atoms with E-state index in [4.69, 9.17) is 22.1 Å². The number of benzene rings is 4. The number of Topliss-reactive ketones (excluding diaryl/α,β-unsaturated/α-hetero) is 2. The third kappa shape index (κ3) is 9.70. The van der Waals surface area contributed by atoms with Crippen molar-refractivity contribution in [1.29, 1.82) is 0 Å². The summed E-state index contributed by atoms with van der Waals surface area (Å²) in [5.41, 5.74) is 11.0. The number of amides is 4. The number of nitrogens with zero attached hydrogens (tertiary/aromatic N) is 2. The molecule has 9 rings (SSSR count). The summed E-state index contributed by atoms with van der Waals surface area (Å²) in [4.78, 5) is 79.2. The monoisotopic (exact) mass is 889 g/mol. The zero-order valence-corrected chi connectivity index (χ0v) is 36.9. The van der Waals surface area contributed by atoms with Gasteiger partial charge in [0.15, 0.2) is 11.6 Å². The molecule has 5 aliphatic rings. The minimum absolute atomic E-state index is 0.0398. The van der Waals surface area contributed by atoms with E-state index in [0.29, 0.717) is 98.2 Å². The average molecular weight is 891 g/mol. The van der Waals surface area contributed by atoms with Crippen LogP contribution in [0.4, 0.5) is 0 Å². The Hall–Kier alpha value is -5.50. The summed E-state index contributed by atoms with van der Waals surface area (Å²) in [6.07, 6.45) is 7.72. The fourth-order valence-electron chi connectivity index (χ4n) is 9.01. The number of piperidine rings is 2. The number of likely N-dealkylation sites (tertiary alicyclic amines) is 2. The first-order chi connectivity index (χ1) is 30.4. The molecule has 3 aliphatic heterocycles. The second kappa shape index (κ2) is 19.1. The van der Waals surface area contributed by atoms with Crippen molar-refractivity contribution < 1.29 is 33.5 Å². The van der Waals surface area contributed by atoms with E-state index >= 15 is 0 Å². The summed E-state index contributed by atoms with van der Waals surface area (Å²) in [6, 6.07) is 25.6. The third-order valence-corrected chi connectivity index (χ3v) is 14.1. The number of nitrogens with one attached hydrogen (secondary N) is 2. The molecule has 4 fully saturated rings. The van der Waals surface area contributed by atoms with E-state index in [2.05, 4.69) is 28.8 Å². The molecule has 2 aliphatic carbocycles. The summed E-state index contributed by atoms with van der Waals surface area (Å²) < 4.78 is 5.98. The minimum atomic E-state index is -0.419. The van der Waals surface area contributed by atoms with E-state index in [1.165, 1.54) is 29.0 Å². The normalized spacial score (nSPS) is 20.0. The number of nitrogens with two attached hydrogens (primary N) is 1. The van der Waals surface area contributed by atoms with Gasteiger partial charge in [0.25, 0.3) is 23.6 Å². The van der Waals surface area contributed by atoms with Gasteiger partial charge in [-0.05, 0) is 104 Å². The molecule has 2 unspecified atom stereocenters. The lowest BCUT2D eigenvalue weighted by atomic mass is 9.74. The smallest absolute Gasteiger partial charge is 0.253 e. The first-order valence-electron chi connectivity index (χ1n) is 21.7. The number of fused-ring (bicyclic) bond motifs is 2. The topological polar surface area (TPSA) is 168 Å². The number of carbonyl (C=O) groups excluding carboxylic acids is 6. The van der Waals surface area contributed by atoms with E-state index in [1.54, 1.807) is 24.3 Å². The molecule has 2 saturated heterocycles. The number of ether oxygens (including phenoxy) is 1. The molecule has 12 nitrogen and oxygen atoms in total. The molecule has 0 aromatic heterocycles. The van der Waals surface area contributed by atoms with Gasteiger partial charge in [0.05, 0.1) is 18.7 Å². The fourth-order valence-corrected chi connectivity index (χ4v) is 9.74. The molecule has 4 N–H and O–H groups in total. The van der Waals surface area contributed by atoms with Gasteiger partial charge < -0.3 is 30.9 Å². The van der Waals surface area contributed by atoms with Crippen LogP contribution in [0.3, 0.4) is 0 Å². The maximum atomic E-state index is 13.4. The molecule has 4 amide bonds. The van der Waals surface area contributed by atoms with Crippen molar-refractivity contribution in [2.75, 3.05) is 39.0 Å². The molecule has 2 saturated carbocycles. The number of ketones is 2. The second-order valence-corrected chi connectivity index (χ2v) is 18.4. The van der Waals surface area contributed by atoms with Gasteiger partial charge in [-0.25, -0.2) is 0 Å². The van der Waals surface area contributed by atoms with Gasteiger partial charge >= 0.3 is 0 Å². The quantitative estimate of drug-likeness (QED) is 0.155. The molecule has 4 aromatic carbocycles. The fraction of sp³-hybridized carbons (Fsp3) is 0.388. The minimum Gasteiger partial charge on any atom is -0.492 e. The lowest BCUT2D eigenvalue weighted by Gasteiger charge is -2.38. The Labute approximate surface area is 376 Å².